The van der Waals surface area contributed by atoms with Gasteiger partial charge in [0.2, 0.25) is 5.91 Å². The molecule has 0 aliphatic rings. The third kappa shape index (κ3) is 3.72. The molecule has 4 rings (SSSR count). The molecule has 0 radical (unpaired) electrons. The molecule has 146 valence electrons. The fourth-order valence-corrected chi connectivity index (χ4v) is 3.80. The van der Waals surface area contributed by atoms with Crippen LogP contribution in [0.4, 0.5) is 5.69 Å². The van der Waals surface area contributed by atoms with Crippen LogP contribution in [0.2, 0.25) is 0 Å². The number of thiazole rings is 1. The normalized spacial score (nSPS) is 11.0. The van der Waals surface area contributed by atoms with Crippen molar-refractivity contribution in [1.82, 2.24) is 14.8 Å². The Kier molecular flexibility index (Phi) is 4.81. The van der Waals surface area contributed by atoms with Gasteiger partial charge in [-0.3, -0.25) is 14.4 Å². The van der Waals surface area contributed by atoms with E-state index in [0.717, 1.165) is 9.69 Å². The summed E-state index contributed by atoms with van der Waals surface area (Å²) in [7, 11) is 0. The molecule has 0 atom stereocenters. The average molecular weight is 408 g/mol. The Bertz CT molecular complexity index is 1290. The summed E-state index contributed by atoms with van der Waals surface area (Å²) in [6.07, 6.45) is 1.51. The highest BCUT2D eigenvalue weighted by Gasteiger charge is 2.19. The average Bonchev–Trinajstić information content (AvgIpc) is 3.34. The third-order valence-electron chi connectivity index (χ3n) is 4.21. The Morgan fingerprint density at radius 3 is 2.79 bits per heavy atom. The van der Waals surface area contributed by atoms with Gasteiger partial charge in [0.05, 0.1) is 16.0 Å². The number of Topliss-reactive ketones (excluding diaryl/α,β-unsaturated/α-hetero) is 1. The number of aromatic nitrogens is 3. The maximum atomic E-state index is 12.8. The number of hydrogen-bond acceptors (Lipinski definition) is 7. The monoisotopic (exact) mass is 408 g/mol. The number of aryl methyl sites for hydroxylation is 1. The molecule has 1 N–H and O–H groups in total. The summed E-state index contributed by atoms with van der Waals surface area (Å²) in [5.74, 6) is -0.0644. The predicted octanol–water partition coefficient (Wildman–Crippen LogP) is 3.26. The van der Waals surface area contributed by atoms with Gasteiger partial charge in [-0.2, -0.15) is 5.10 Å². The molecule has 0 bridgehead atoms. The first-order chi connectivity index (χ1) is 13.9. The molecule has 29 heavy (non-hydrogen) atoms. The van der Waals surface area contributed by atoms with Crippen molar-refractivity contribution in [3.63, 3.8) is 0 Å². The van der Waals surface area contributed by atoms with Crippen molar-refractivity contribution in [3.05, 3.63) is 63.6 Å². The topological polar surface area (TPSA) is 107 Å². The molecule has 3 heterocycles. The van der Waals surface area contributed by atoms with Crippen molar-refractivity contribution in [3.8, 4) is 11.5 Å². The molecule has 3 aromatic heterocycles. The largest absolute Gasteiger partial charge is 0.463 e. The van der Waals surface area contributed by atoms with Gasteiger partial charge in [-0.05, 0) is 38.1 Å². The third-order valence-corrected chi connectivity index (χ3v) is 5.19. The van der Waals surface area contributed by atoms with Gasteiger partial charge in [0.25, 0.3) is 5.56 Å². The van der Waals surface area contributed by atoms with E-state index in [1.807, 2.05) is 0 Å². The summed E-state index contributed by atoms with van der Waals surface area (Å²) < 4.78 is 7.13. The Hall–Kier alpha value is -3.59. The van der Waals surface area contributed by atoms with Crippen molar-refractivity contribution in [2.24, 2.45) is 0 Å². The van der Waals surface area contributed by atoms with Gasteiger partial charge in [-0.25, -0.2) is 9.67 Å². The lowest BCUT2D eigenvalue weighted by molar-refractivity contribution is -0.117. The predicted molar refractivity (Wildman–Crippen MR) is 109 cm³/mol. The van der Waals surface area contributed by atoms with E-state index in [1.54, 1.807) is 43.3 Å². The minimum Gasteiger partial charge on any atom is -0.463 e. The van der Waals surface area contributed by atoms with E-state index in [0.29, 0.717) is 27.4 Å². The van der Waals surface area contributed by atoms with E-state index in [2.05, 4.69) is 15.4 Å². The van der Waals surface area contributed by atoms with E-state index in [9.17, 15) is 14.4 Å². The number of carbonyl (C=O) groups excluding carboxylic acids is 2. The lowest BCUT2D eigenvalue weighted by atomic mass is 10.1. The minimum atomic E-state index is -0.452. The number of benzene rings is 1. The SMILES string of the molecule is CC(=O)c1cccc(NC(=O)Cn2nc(-c3ccco3)c3sc(C)nc3c2=O)c1. The van der Waals surface area contributed by atoms with Gasteiger partial charge in [0.15, 0.2) is 17.1 Å². The zero-order chi connectivity index (χ0) is 20.5. The summed E-state index contributed by atoms with van der Waals surface area (Å²) in [4.78, 5) is 41.1. The first-order valence-electron chi connectivity index (χ1n) is 8.75. The molecule has 0 fully saturated rings. The number of ketones is 1. The Morgan fingerprint density at radius 2 is 2.07 bits per heavy atom. The summed E-state index contributed by atoms with van der Waals surface area (Å²) in [6.45, 7) is 2.95. The molecule has 0 aliphatic heterocycles. The molecule has 1 amide bonds. The number of nitrogens with zero attached hydrogens (tertiary/aromatic N) is 3. The highest BCUT2D eigenvalue weighted by molar-refractivity contribution is 7.19. The molecule has 1 aromatic carbocycles. The van der Waals surface area contributed by atoms with Gasteiger partial charge >= 0.3 is 0 Å². The number of rotatable bonds is 5. The van der Waals surface area contributed by atoms with E-state index in [-0.39, 0.29) is 17.8 Å². The fourth-order valence-electron chi connectivity index (χ4n) is 2.90. The van der Waals surface area contributed by atoms with Crippen molar-refractivity contribution < 1.29 is 14.0 Å². The van der Waals surface area contributed by atoms with Crippen LogP contribution in [-0.4, -0.2) is 26.5 Å². The second-order valence-corrected chi connectivity index (χ2v) is 7.59. The molecule has 0 aliphatic carbocycles. The standard InChI is InChI=1S/C20H16N4O4S/c1-11(25)13-5-3-6-14(9-13)22-16(26)10-24-20(27)18-19(29-12(2)21-18)17(23-24)15-7-4-8-28-15/h3-9H,10H2,1-2H3,(H,22,26). The summed E-state index contributed by atoms with van der Waals surface area (Å²) in [6, 6.07) is 10.0. The van der Waals surface area contributed by atoms with Gasteiger partial charge in [-0.15, -0.1) is 11.3 Å². The van der Waals surface area contributed by atoms with Crippen LogP contribution >= 0.6 is 11.3 Å². The smallest absolute Gasteiger partial charge is 0.294 e. The number of carbonyl (C=O) groups is 2. The molecular weight excluding hydrogens is 392 g/mol. The van der Waals surface area contributed by atoms with Crippen molar-refractivity contribution in [2.75, 3.05) is 5.32 Å². The van der Waals surface area contributed by atoms with E-state index in [1.165, 1.54) is 24.5 Å². The van der Waals surface area contributed by atoms with Crippen LogP contribution < -0.4 is 10.9 Å². The highest BCUT2D eigenvalue weighted by atomic mass is 32.1. The van der Waals surface area contributed by atoms with Crippen LogP contribution in [0.15, 0.2) is 51.9 Å². The highest BCUT2D eigenvalue weighted by Crippen LogP contribution is 2.29. The summed E-state index contributed by atoms with van der Waals surface area (Å²) in [5, 5.41) is 7.76. The summed E-state index contributed by atoms with van der Waals surface area (Å²) in [5.41, 5.74) is 1.21. The van der Waals surface area contributed by atoms with Gasteiger partial charge in [0, 0.05) is 11.3 Å². The van der Waals surface area contributed by atoms with Crippen LogP contribution in [0.5, 0.6) is 0 Å². The molecule has 0 saturated carbocycles. The number of nitrogens with one attached hydrogen (secondary N) is 1. The molecule has 0 spiro atoms. The number of anilines is 1. The van der Waals surface area contributed by atoms with Crippen LogP contribution in [0.3, 0.4) is 0 Å². The van der Waals surface area contributed by atoms with Gasteiger partial charge in [0.1, 0.15) is 12.2 Å². The maximum Gasteiger partial charge on any atom is 0.294 e. The molecule has 0 saturated heterocycles. The summed E-state index contributed by atoms with van der Waals surface area (Å²) >= 11 is 1.35. The van der Waals surface area contributed by atoms with Crippen LogP contribution in [-0.2, 0) is 11.3 Å². The van der Waals surface area contributed by atoms with Crippen LogP contribution in [0.1, 0.15) is 22.3 Å². The lowest BCUT2D eigenvalue weighted by Crippen LogP contribution is -2.30. The molecule has 9 heteroatoms. The molecule has 4 aromatic rings. The second kappa shape index (κ2) is 7.44. The van der Waals surface area contributed by atoms with E-state index < -0.39 is 11.5 Å². The van der Waals surface area contributed by atoms with Crippen molar-refractivity contribution >= 4 is 38.9 Å². The minimum absolute atomic E-state index is 0.105. The van der Waals surface area contributed by atoms with E-state index >= 15 is 0 Å². The number of hydrogen-bond donors (Lipinski definition) is 1. The Labute approximate surface area is 168 Å². The zero-order valence-electron chi connectivity index (χ0n) is 15.6. The molecule has 8 nitrogen and oxygen atoms in total. The lowest BCUT2D eigenvalue weighted by Gasteiger charge is -2.09. The van der Waals surface area contributed by atoms with E-state index in [4.69, 9.17) is 4.42 Å². The first-order valence-corrected chi connectivity index (χ1v) is 9.57. The Balaban J connectivity index is 1.68. The number of furan rings is 1. The molecule has 0 unspecified atom stereocenters. The van der Waals surface area contributed by atoms with Gasteiger partial charge < -0.3 is 9.73 Å². The quantitative estimate of drug-likeness (QED) is 0.508. The number of fused-ring (bicyclic) bond motifs is 1. The maximum absolute atomic E-state index is 12.8. The first kappa shape index (κ1) is 18.8. The molecular formula is C20H16N4O4S. The fraction of sp³-hybridized carbons (Fsp3) is 0.150. The van der Waals surface area contributed by atoms with Gasteiger partial charge in [-0.1, -0.05) is 12.1 Å². The van der Waals surface area contributed by atoms with Crippen molar-refractivity contribution in [2.45, 2.75) is 20.4 Å². The van der Waals surface area contributed by atoms with Crippen molar-refractivity contribution in [1.29, 1.82) is 0 Å². The zero-order valence-corrected chi connectivity index (χ0v) is 16.4. The second-order valence-electron chi connectivity index (χ2n) is 6.38. The number of amides is 1. The van der Waals surface area contributed by atoms with Crippen LogP contribution in [0, 0.1) is 6.92 Å². The Morgan fingerprint density at radius 1 is 1.24 bits per heavy atom. The van der Waals surface area contributed by atoms with Crippen LogP contribution in [0.25, 0.3) is 21.7 Å².